The highest BCUT2D eigenvalue weighted by atomic mass is 35.5. The second kappa shape index (κ2) is 11.7. The monoisotopic (exact) mass is 571 g/mol. The predicted octanol–water partition coefficient (Wildman–Crippen LogP) is 6.25. The number of nitrogens with zero attached hydrogens (tertiary/aromatic N) is 1. The number of para-hydroxylation sites is 1. The fourth-order valence-electron chi connectivity index (χ4n) is 3.61. The van der Waals surface area contributed by atoms with Gasteiger partial charge >= 0.3 is 5.97 Å². The molecule has 1 heterocycles. The average molecular weight is 573 g/mol. The molecule has 0 radical (unpaired) electrons. The van der Waals surface area contributed by atoms with Crippen molar-refractivity contribution < 1.29 is 23.9 Å². The van der Waals surface area contributed by atoms with Gasteiger partial charge < -0.3 is 15.4 Å². The first-order chi connectivity index (χ1) is 18.2. The second-order valence-corrected chi connectivity index (χ2v) is 9.29. The lowest BCUT2D eigenvalue weighted by molar-refractivity contribution is -0.120. The van der Waals surface area contributed by atoms with Crippen LogP contribution in [0.4, 0.5) is 17.1 Å². The van der Waals surface area contributed by atoms with Crippen molar-refractivity contribution in [2.45, 2.75) is 13.3 Å². The molecule has 4 rings (SSSR count). The summed E-state index contributed by atoms with van der Waals surface area (Å²) < 4.78 is 5.19. The van der Waals surface area contributed by atoms with Gasteiger partial charge in [-0.15, -0.1) is 0 Å². The van der Waals surface area contributed by atoms with Gasteiger partial charge in [0.05, 0.1) is 28.6 Å². The summed E-state index contributed by atoms with van der Waals surface area (Å²) in [5.41, 5.74) is 0.835. The van der Waals surface area contributed by atoms with E-state index in [9.17, 15) is 19.2 Å². The van der Waals surface area contributed by atoms with Crippen LogP contribution in [0.15, 0.2) is 77.5 Å². The highest BCUT2D eigenvalue weighted by Gasteiger charge is 2.40. The molecule has 3 aromatic carbocycles. The summed E-state index contributed by atoms with van der Waals surface area (Å²) in [6.45, 7) is 2.04. The molecule has 2 N–H and O–H groups in total. The molecule has 0 saturated carbocycles. The number of rotatable bonds is 8. The van der Waals surface area contributed by atoms with E-state index in [0.717, 1.165) is 4.90 Å². The van der Waals surface area contributed by atoms with Crippen molar-refractivity contribution in [2.24, 2.45) is 0 Å². The Kier molecular flexibility index (Phi) is 8.36. The van der Waals surface area contributed by atoms with E-state index in [1.165, 1.54) is 24.3 Å². The molecular weight excluding hydrogens is 553 g/mol. The summed E-state index contributed by atoms with van der Waals surface area (Å²) >= 11 is 18.3. The van der Waals surface area contributed by atoms with E-state index < -0.39 is 23.7 Å². The Morgan fingerprint density at radius 3 is 2.42 bits per heavy atom. The van der Waals surface area contributed by atoms with Gasteiger partial charge in [-0.3, -0.25) is 14.4 Å². The van der Waals surface area contributed by atoms with Gasteiger partial charge in [0.2, 0.25) is 0 Å². The molecule has 0 unspecified atom stereocenters. The molecule has 11 heteroatoms. The molecule has 194 valence electrons. The Balaban J connectivity index is 1.56. The average Bonchev–Trinajstić information content (AvgIpc) is 3.11. The van der Waals surface area contributed by atoms with Crippen molar-refractivity contribution in [3.8, 4) is 0 Å². The molecule has 0 bridgehead atoms. The quantitative estimate of drug-likeness (QED) is 0.244. The van der Waals surface area contributed by atoms with E-state index in [2.05, 4.69) is 10.6 Å². The molecule has 3 aromatic rings. The van der Waals surface area contributed by atoms with Crippen LogP contribution in [-0.4, -0.2) is 30.3 Å². The molecule has 1 aliphatic heterocycles. The third kappa shape index (κ3) is 5.67. The number of hydrogen-bond acceptors (Lipinski definition) is 6. The van der Waals surface area contributed by atoms with Crippen molar-refractivity contribution in [1.82, 2.24) is 0 Å². The van der Waals surface area contributed by atoms with Gasteiger partial charge in [-0.25, -0.2) is 9.69 Å². The highest BCUT2D eigenvalue weighted by Crippen LogP contribution is 2.33. The SMILES string of the molecule is CCCOC(=O)c1ccccc1N1C(=O)C(Cl)=C(Nc2cccc(C(=O)Nc3ccc(Cl)cc3Cl)c2)C1=O. The minimum atomic E-state index is -0.804. The zero-order valence-electron chi connectivity index (χ0n) is 19.9. The lowest BCUT2D eigenvalue weighted by atomic mass is 10.1. The fourth-order valence-corrected chi connectivity index (χ4v) is 4.28. The number of hydrogen-bond donors (Lipinski definition) is 2. The summed E-state index contributed by atoms with van der Waals surface area (Å²) in [7, 11) is 0. The number of carbonyl (C=O) groups excluding carboxylic acids is 4. The maximum Gasteiger partial charge on any atom is 0.340 e. The first-order valence-corrected chi connectivity index (χ1v) is 12.5. The van der Waals surface area contributed by atoms with E-state index in [4.69, 9.17) is 39.5 Å². The Labute approximate surface area is 233 Å². The van der Waals surface area contributed by atoms with Crippen LogP contribution in [0.2, 0.25) is 10.0 Å². The number of halogens is 3. The Hall–Kier alpha value is -3.85. The van der Waals surface area contributed by atoms with Crippen molar-refractivity contribution >= 4 is 75.6 Å². The van der Waals surface area contributed by atoms with Crippen LogP contribution in [-0.2, 0) is 14.3 Å². The minimum Gasteiger partial charge on any atom is -0.462 e. The second-order valence-electron chi connectivity index (χ2n) is 8.07. The van der Waals surface area contributed by atoms with Crippen LogP contribution in [0.5, 0.6) is 0 Å². The summed E-state index contributed by atoms with van der Waals surface area (Å²) in [6, 6.07) is 17.0. The Morgan fingerprint density at radius 1 is 0.921 bits per heavy atom. The number of anilines is 3. The third-order valence-electron chi connectivity index (χ3n) is 5.40. The van der Waals surface area contributed by atoms with Crippen molar-refractivity contribution in [1.29, 1.82) is 0 Å². The van der Waals surface area contributed by atoms with Gasteiger partial charge in [-0.1, -0.05) is 59.9 Å². The van der Waals surface area contributed by atoms with Crippen molar-refractivity contribution in [3.63, 3.8) is 0 Å². The first kappa shape index (κ1) is 27.2. The summed E-state index contributed by atoms with van der Waals surface area (Å²) in [6.07, 6.45) is 0.612. The van der Waals surface area contributed by atoms with Gasteiger partial charge in [0.25, 0.3) is 17.7 Å². The molecular formula is C27H20Cl3N3O5. The smallest absolute Gasteiger partial charge is 0.340 e. The van der Waals surface area contributed by atoms with Crippen LogP contribution < -0.4 is 15.5 Å². The van der Waals surface area contributed by atoms with Gasteiger partial charge in [-0.05, 0) is 55.0 Å². The fraction of sp³-hybridized carbons (Fsp3) is 0.111. The highest BCUT2D eigenvalue weighted by molar-refractivity contribution is 6.53. The number of benzene rings is 3. The van der Waals surface area contributed by atoms with E-state index >= 15 is 0 Å². The lowest BCUT2D eigenvalue weighted by Gasteiger charge is -2.18. The Morgan fingerprint density at radius 2 is 1.68 bits per heavy atom. The number of amides is 3. The number of carbonyl (C=O) groups is 4. The summed E-state index contributed by atoms with van der Waals surface area (Å²) in [5.74, 6) is -2.70. The van der Waals surface area contributed by atoms with E-state index in [-0.39, 0.29) is 39.2 Å². The molecule has 1 aliphatic rings. The van der Waals surface area contributed by atoms with Gasteiger partial charge in [-0.2, -0.15) is 0 Å². The maximum absolute atomic E-state index is 13.3. The molecule has 0 aromatic heterocycles. The van der Waals surface area contributed by atoms with E-state index in [0.29, 0.717) is 22.8 Å². The number of nitrogens with one attached hydrogen (secondary N) is 2. The molecule has 0 spiro atoms. The summed E-state index contributed by atoms with van der Waals surface area (Å²) in [4.78, 5) is 52.4. The van der Waals surface area contributed by atoms with Crippen LogP contribution in [0.3, 0.4) is 0 Å². The van der Waals surface area contributed by atoms with Crippen molar-refractivity contribution in [3.05, 3.63) is 98.6 Å². The van der Waals surface area contributed by atoms with Gasteiger partial charge in [0.15, 0.2) is 0 Å². The van der Waals surface area contributed by atoms with Gasteiger partial charge in [0.1, 0.15) is 10.7 Å². The van der Waals surface area contributed by atoms with E-state index in [1.807, 2.05) is 6.92 Å². The largest absolute Gasteiger partial charge is 0.462 e. The maximum atomic E-state index is 13.3. The molecule has 0 saturated heterocycles. The third-order valence-corrected chi connectivity index (χ3v) is 6.30. The van der Waals surface area contributed by atoms with E-state index in [1.54, 1.807) is 42.5 Å². The van der Waals surface area contributed by atoms with Crippen LogP contribution in [0.25, 0.3) is 0 Å². The minimum absolute atomic E-state index is 0.0477. The van der Waals surface area contributed by atoms with Crippen molar-refractivity contribution in [2.75, 3.05) is 22.1 Å². The lowest BCUT2D eigenvalue weighted by Crippen LogP contribution is -2.33. The molecule has 38 heavy (non-hydrogen) atoms. The van der Waals surface area contributed by atoms with Crippen LogP contribution in [0.1, 0.15) is 34.1 Å². The number of imide groups is 1. The molecule has 0 atom stereocenters. The molecule has 0 fully saturated rings. The first-order valence-electron chi connectivity index (χ1n) is 11.4. The van der Waals surface area contributed by atoms with Gasteiger partial charge in [0, 0.05) is 16.3 Å². The normalized spacial score (nSPS) is 13.1. The zero-order chi connectivity index (χ0) is 27.4. The van der Waals surface area contributed by atoms with Crippen LogP contribution >= 0.6 is 34.8 Å². The topological polar surface area (TPSA) is 105 Å². The molecule has 3 amide bonds. The summed E-state index contributed by atoms with van der Waals surface area (Å²) in [5, 5.41) is 5.85. The predicted molar refractivity (Wildman–Crippen MR) is 147 cm³/mol. The molecule has 0 aliphatic carbocycles. The Bertz CT molecular complexity index is 1490. The van der Waals surface area contributed by atoms with Crippen LogP contribution in [0, 0.1) is 0 Å². The standard InChI is InChI=1S/C27H20Cl3N3O5/c1-2-12-38-27(37)18-8-3-4-9-21(18)33-25(35)22(30)23(26(33)36)31-17-7-5-6-15(13-17)24(34)32-20-11-10-16(28)14-19(20)29/h3-11,13-14,31H,2,12H2,1H3,(H,32,34). The molecule has 8 nitrogen and oxygen atoms in total. The number of esters is 1. The zero-order valence-corrected chi connectivity index (χ0v) is 22.2. The number of ether oxygens (including phenoxy) is 1.